The van der Waals surface area contributed by atoms with Crippen LogP contribution in [-0.2, 0) is 0 Å². The highest BCUT2D eigenvalue weighted by atomic mass is 16.6. The highest BCUT2D eigenvalue weighted by Crippen LogP contribution is 2.29. The molecule has 0 aromatic heterocycles. The third-order valence-corrected chi connectivity index (χ3v) is 2.60. The average molecular weight is 276 g/mol. The normalized spacial score (nSPS) is 11.1. The number of benzene rings is 1. The number of rotatable bonds is 6. The zero-order chi connectivity index (χ0) is 15.1. The summed E-state index contributed by atoms with van der Waals surface area (Å²) in [5.74, 6) is 0.671. The second-order valence-corrected chi connectivity index (χ2v) is 4.34. The molecule has 0 unspecified atom stereocenters. The molecule has 0 amide bonds. The van der Waals surface area contributed by atoms with E-state index < -0.39 is 4.92 Å². The fourth-order valence-corrected chi connectivity index (χ4v) is 1.60. The summed E-state index contributed by atoms with van der Waals surface area (Å²) >= 11 is 0. The minimum atomic E-state index is -0.392. The van der Waals surface area contributed by atoms with Crippen molar-refractivity contribution in [3.63, 3.8) is 0 Å². The number of nitriles is 1. The Hall–Kier alpha value is -2.55. The van der Waals surface area contributed by atoms with Gasteiger partial charge in [-0.05, 0) is 17.7 Å². The first-order valence-electron chi connectivity index (χ1n) is 6.03. The fourth-order valence-electron chi connectivity index (χ4n) is 1.60. The van der Waals surface area contributed by atoms with E-state index in [1.807, 2.05) is 6.07 Å². The SMILES string of the molecule is COc1cc(/C=C(/C(C)C)[N+](=O)[O-])ccc1OCC#N. The number of nitrogens with zero attached hydrogens (tertiary/aromatic N) is 2. The molecule has 1 aromatic rings. The van der Waals surface area contributed by atoms with Gasteiger partial charge in [0, 0.05) is 12.0 Å². The first-order chi connectivity index (χ1) is 9.49. The number of allylic oxidation sites excluding steroid dienone is 1. The van der Waals surface area contributed by atoms with Gasteiger partial charge in [-0.1, -0.05) is 19.9 Å². The van der Waals surface area contributed by atoms with Crippen LogP contribution < -0.4 is 9.47 Å². The molecule has 1 rings (SSSR count). The van der Waals surface area contributed by atoms with Crippen LogP contribution >= 0.6 is 0 Å². The van der Waals surface area contributed by atoms with Crippen molar-refractivity contribution < 1.29 is 14.4 Å². The second kappa shape index (κ2) is 7.14. The molecule has 0 heterocycles. The summed E-state index contributed by atoms with van der Waals surface area (Å²) in [4.78, 5) is 10.6. The molecule has 106 valence electrons. The number of hydrogen-bond acceptors (Lipinski definition) is 5. The monoisotopic (exact) mass is 276 g/mol. The van der Waals surface area contributed by atoms with Crippen LogP contribution in [0.15, 0.2) is 23.9 Å². The van der Waals surface area contributed by atoms with Gasteiger partial charge in [-0.2, -0.15) is 5.26 Å². The molecule has 0 fully saturated rings. The van der Waals surface area contributed by atoms with Crippen LogP contribution in [0.1, 0.15) is 19.4 Å². The van der Waals surface area contributed by atoms with E-state index in [1.165, 1.54) is 13.2 Å². The Morgan fingerprint density at radius 1 is 1.50 bits per heavy atom. The van der Waals surface area contributed by atoms with Crippen molar-refractivity contribution in [2.45, 2.75) is 13.8 Å². The van der Waals surface area contributed by atoms with E-state index in [9.17, 15) is 10.1 Å². The summed E-state index contributed by atoms with van der Waals surface area (Å²) in [7, 11) is 1.47. The molecule has 20 heavy (non-hydrogen) atoms. The molecule has 0 aliphatic heterocycles. The predicted octanol–water partition coefficient (Wildman–Crippen LogP) is 2.87. The summed E-state index contributed by atoms with van der Waals surface area (Å²) in [5, 5.41) is 19.4. The van der Waals surface area contributed by atoms with Crippen molar-refractivity contribution in [1.82, 2.24) is 0 Å². The van der Waals surface area contributed by atoms with E-state index in [0.717, 1.165) is 0 Å². The van der Waals surface area contributed by atoms with Crippen LogP contribution in [0.4, 0.5) is 0 Å². The first-order valence-corrected chi connectivity index (χ1v) is 6.03. The fraction of sp³-hybridized carbons (Fsp3) is 0.357. The Kier molecular flexibility index (Phi) is 5.54. The highest BCUT2D eigenvalue weighted by molar-refractivity contribution is 5.57. The van der Waals surface area contributed by atoms with Crippen molar-refractivity contribution in [1.29, 1.82) is 5.26 Å². The maximum Gasteiger partial charge on any atom is 0.249 e. The Balaban J connectivity index is 3.12. The molecule has 1 aromatic carbocycles. The van der Waals surface area contributed by atoms with Gasteiger partial charge in [0.2, 0.25) is 5.70 Å². The number of nitro groups is 1. The topological polar surface area (TPSA) is 85.4 Å². The lowest BCUT2D eigenvalue weighted by molar-refractivity contribution is -0.431. The van der Waals surface area contributed by atoms with Crippen LogP contribution in [0.3, 0.4) is 0 Å². The minimum absolute atomic E-state index is 0.0856. The van der Waals surface area contributed by atoms with Crippen LogP contribution in [-0.4, -0.2) is 18.6 Å². The third kappa shape index (κ3) is 3.99. The molecule has 0 spiro atoms. The van der Waals surface area contributed by atoms with Gasteiger partial charge in [-0.15, -0.1) is 0 Å². The maximum absolute atomic E-state index is 11.0. The molecule has 0 saturated heterocycles. The zero-order valence-electron chi connectivity index (χ0n) is 11.6. The number of ether oxygens (including phenoxy) is 2. The molecular weight excluding hydrogens is 260 g/mol. The van der Waals surface area contributed by atoms with E-state index in [4.69, 9.17) is 14.7 Å². The molecule has 6 nitrogen and oxygen atoms in total. The lowest BCUT2D eigenvalue weighted by atomic mass is 10.1. The van der Waals surface area contributed by atoms with Crippen LogP contribution in [0.5, 0.6) is 11.5 Å². The summed E-state index contributed by atoms with van der Waals surface area (Å²) in [6.07, 6.45) is 1.50. The third-order valence-electron chi connectivity index (χ3n) is 2.60. The van der Waals surface area contributed by atoms with E-state index in [2.05, 4.69) is 0 Å². The van der Waals surface area contributed by atoms with Crippen LogP contribution in [0, 0.1) is 27.4 Å². The highest BCUT2D eigenvalue weighted by Gasteiger charge is 2.16. The average Bonchev–Trinajstić information content (AvgIpc) is 2.42. The molecular formula is C14H16N2O4. The van der Waals surface area contributed by atoms with Crippen molar-refractivity contribution in [3.05, 3.63) is 39.6 Å². The maximum atomic E-state index is 11.0. The number of hydrogen-bond donors (Lipinski definition) is 0. The summed E-state index contributed by atoms with van der Waals surface area (Å²) in [6.45, 7) is 3.43. The zero-order valence-corrected chi connectivity index (χ0v) is 11.6. The quantitative estimate of drug-likeness (QED) is 0.589. The predicted molar refractivity (Wildman–Crippen MR) is 73.9 cm³/mol. The lowest BCUT2D eigenvalue weighted by Gasteiger charge is -2.09. The molecule has 0 saturated carbocycles. The summed E-state index contributed by atoms with van der Waals surface area (Å²) in [6, 6.07) is 6.81. The molecule has 0 aliphatic carbocycles. The second-order valence-electron chi connectivity index (χ2n) is 4.34. The Morgan fingerprint density at radius 2 is 2.20 bits per heavy atom. The molecule has 0 radical (unpaired) electrons. The van der Waals surface area contributed by atoms with Crippen molar-refractivity contribution in [2.75, 3.05) is 13.7 Å². The smallest absolute Gasteiger partial charge is 0.249 e. The summed E-state index contributed by atoms with van der Waals surface area (Å²) in [5.41, 5.74) is 0.768. The lowest BCUT2D eigenvalue weighted by Crippen LogP contribution is -2.05. The van der Waals surface area contributed by atoms with Gasteiger partial charge < -0.3 is 9.47 Å². The van der Waals surface area contributed by atoms with Gasteiger partial charge in [-0.25, -0.2) is 0 Å². The van der Waals surface area contributed by atoms with E-state index in [-0.39, 0.29) is 18.2 Å². The van der Waals surface area contributed by atoms with Gasteiger partial charge in [0.25, 0.3) is 0 Å². The van der Waals surface area contributed by atoms with Crippen molar-refractivity contribution >= 4 is 6.08 Å². The first kappa shape index (κ1) is 15.5. The van der Waals surface area contributed by atoms with Crippen LogP contribution in [0.2, 0.25) is 0 Å². The van der Waals surface area contributed by atoms with Gasteiger partial charge in [0.05, 0.1) is 12.0 Å². The van der Waals surface area contributed by atoms with Crippen molar-refractivity contribution in [2.24, 2.45) is 5.92 Å². The standard InChI is InChI=1S/C14H16N2O4/c1-10(2)12(16(17)18)8-11-4-5-13(20-7-6-15)14(9-11)19-3/h4-5,8-10H,7H2,1-3H3/b12-8-. The minimum Gasteiger partial charge on any atom is -0.493 e. The number of methoxy groups -OCH3 is 1. The molecule has 0 N–H and O–H groups in total. The van der Waals surface area contributed by atoms with Gasteiger partial charge >= 0.3 is 0 Å². The Bertz CT molecular complexity index is 559. The molecule has 0 atom stereocenters. The Labute approximate surface area is 117 Å². The Morgan fingerprint density at radius 3 is 2.70 bits per heavy atom. The van der Waals surface area contributed by atoms with Gasteiger partial charge in [0.15, 0.2) is 18.1 Å². The van der Waals surface area contributed by atoms with Gasteiger partial charge in [-0.3, -0.25) is 10.1 Å². The van der Waals surface area contributed by atoms with Crippen LogP contribution in [0.25, 0.3) is 6.08 Å². The van der Waals surface area contributed by atoms with E-state index in [0.29, 0.717) is 17.1 Å². The molecule has 0 bridgehead atoms. The van der Waals surface area contributed by atoms with E-state index >= 15 is 0 Å². The van der Waals surface area contributed by atoms with Crippen molar-refractivity contribution in [3.8, 4) is 17.6 Å². The van der Waals surface area contributed by atoms with E-state index in [1.54, 1.807) is 32.0 Å². The summed E-state index contributed by atoms with van der Waals surface area (Å²) < 4.78 is 10.3. The molecule has 0 aliphatic rings. The largest absolute Gasteiger partial charge is 0.493 e. The molecule has 6 heteroatoms. The van der Waals surface area contributed by atoms with Gasteiger partial charge in [0.1, 0.15) is 6.07 Å².